The monoisotopic (exact) mass is 258 g/mol. The summed E-state index contributed by atoms with van der Waals surface area (Å²) in [5.41, 5.74) is 0.835. The van der Waals surface area contributed by atoms with Gasteiger partial charge < -0.3 is 4.90 Å². The molecule has 100 valence electrons. The van der Waals surface area contributed by atoms with Crippen molar-refractivity contribution < 1.29 is 4.79 Å². The van der Waals surface area contributed by atoms with Gasteiger partial charge in [0, 0.05) is 18.7 Å². The molecule has 2 aromatic rings. The summed E-state index contributed by atoms with van der Waals surface area (Å²) in [6.45, 7) is 4.71. The van der Waals surface area contributed by atoms with Gasteiger partial charge in [0.15, 0.2) is 11.5 Å². The Morgan fingerprint density at radius 3 is 3.00 bits per heavy atom. The van der Waals surface area contributed by atoms with Gasteiger partial charge in [-0.2, -0.15) is 0 Å². The van der Waals surface area contributed by atoms with E-state index in [0.717, 1.165) is 30.9 Å². The number of carbonyl (C=O) groups is 1. The minimum Gasteiger partial charge on any atom is -0.332 e. The molecule has 3 heterocycles. The lowest BCUT2D eigenvalue weighted by Crippen LogP contribution is -2.34. The molecule has 1 atom stereocenters. The van der Waals surface area contributed by atoms with Gasteiger partial charge in [0.25, 0.3) is 0 Å². The molecule has 1 aliphatic heterocycles. The largest absolute Gasteiger partial charge is 0.332 e. The maximum atomic E-state index is 12.3. The zero-order valence-electron chi connectivity index (χ0n) is 11.3. The molecule has 1 aliphatic rings. The lowest BCUT2D eigenvalue weighted by molar-refractivity contribution is -0.135. The van der Waals surface area contributed by atoms with E-state index in [4.69, 9.17) is 0 Å². The van der Waals surface area contributed by atoms with E-state index >= 15 is 0 Å². The molecule has 0 radical (unpaired) electrons. The van der Waals surface area contributed by atoms with Crippen molar-refractivity contribution >= 4 is 11.6 Å². The van der Waals surface area contributed by atoms with E-state index in [2.05, 4.69) is 10.2 Å². The molecule has 0 aliphatic carbocycles. The van der Waals surface area contributed by atoms with Crippen LogP contribution in [0.4, 0.5) is 0 Å². The van der Waals surface area contributed by atoms with Crippen LogP contribution in [0.3, 0.4) is 0 Å². The first-order valence-electron chi connectivity index (χ1n) is 6.78. The summed E-state index contributed by atoms with van der Waals surface area (Å²) < 4.78 is 1.98. The summed E-state index contributed by atoms with van der Waals surface area (Å²) in [6.07, 6.45) is 3.96. The summed E-state index contributed by atoms with van der Waals surface area (Å²) in [7, 11) is 0. The van der Waals surface area contributed by atoms with E-state index in [0.29, 0.717) is 0 Å². The number of hydrogen-bond acceptors (Lipinski definition) is 3. The third-order valence-electron chi connectivity index (χ3n) is 3.67. The molecule has 0 saturated carbocycles. The van der Waals surface area contributed by atoms with Crippen molar-refractivity contribution in [2.75, 3.05) is 6.54 Å². The lowest BCUT2D eigenvalue weighted by atomic mass is 10.1. The van der Waals surface area contributed by atoms with Crippen molar-refractivity contribution in [1.82, 2.24) is 19.5 Å². The fraction of sp³-hybridized carbons (Fsp3) is 0.500. The Balaban J connectivity index is 1.99. The van der Waals surface area contributed by atoms with E-state index < -0.39 is 0 Å². The molecule has 0 bridgehead atoms. The molecule has 5 heteroatoms. The standard InChI is InChI=1S/C14H18N4O/c1-10(2)14(19)17-9-5-6-11(17)13-16-15-12-7-3-4-8-18(12)13/h3-4,7-8,10-11H,5-6,9H2,1-2H3. The Morgan fingerprint density at radius 1 is 1.37 bits per heavy atom. The maximum Gasteiger partial charge on any atom is 0.225 e. The van der Waals surface area contributed by atoms with Crippen LogP contribution >= 0.6 is 0 Å². The van der Waals surface area contributed by atoms with Gasteiger partial charge in [-0.25, -0.2) is 0 Å². The molecule has 0 aromatic carbocycles. The number of pyridine rings is 1. The Bertz CT molecular complexity index is 604. The van der Waals surface area contributed by atoms with Crippen LogP contribution < -0.4 is 0 Å². The number of nitrogens with zero attached hydrogens (tertiary/aromatic N) is 4. The topological polar surface area (TPSA) is 50.5 Å². The second kappa shape index (κ2) is 4.64. The average Bonchev–Trinajstić information content (AvgIpc) is 3.03. The Hall–Kier alpha value is -1.91. The molecular formula is C14H18N4O. The van der Waals surface area contributed by atoms with Gasteiger partial charge in [0.05, 0.1) is 6.04 Å². The number of rotatable bonds is 2. The van der Waals surface area contributed by atoms with Crippen LogP contribution in [0.1, 0.15) is 38.6 Å². The number of hydrogen-bond donors (Lipinski definition) is 0. The molecule has 1 unspecified atom stereocenters. The normalized spacial score (nSPS) is 19.5. The van der Waals surface area contributed by atoms with Crippen molar-refractivity contribution in [2.45, 2.75) is 32.7 Å². The summed E-state index contributed by atoms with van der Waals surface area (Å²) in [4.78, 5) is 14.2. The van der Waals surface area contributed by atoms with Gasteiger partial charge in [-0.15, -0.1) is 10.2 Å². The number of fused-ring (bicyclic) bond motifs is 1. The molecule has 5 nitrogen and oxygen atoms in total. The first-order valence-corrected chi connectivity index (χ1v) is 6.78. The van der Waals surface area contributed by atoms with Crippen LogP contribution in [0.5, 0.6) is 0 Å². The Labute approximate surface area is 112 Å². The van der Waals surface area contributed by atoms with Crippen LogP contribution in [0.25, 0.3) is 5.65 Å². The van der Waals surface area contributed by atoms with E-state index in [9.17, 15) is 4.79 Å². The fourth-order valence-electron chi connectivity index (χ4n) is 2.72. The minimum absolute atomic E-state index is 0.0276. The maximum absolute atomic E-state index is 12.3. The zero-order valence-corrected chi connectivity index (χ0v) is 11.3. The Morgan fingerprint density at radius 2 is 2.21 bits per heavy atom. The van der Waals surface area contributed by atoms with Crippen molar-refractivity contribution in [3.8, 4) is 0 Å². The predicted molar refractivity (Wildman–Crippen MR) is 71.5 cm³/mol. The zero-order chi connectivity index (χ0) is 13.4. The molecule has 1 saturated heterocycles. The molecule has 0 spiro atoms. The first kappa shape index (κ1) is 12.1. The summed E-state index contributed by atoms with van der Waals surface area (Å²) in [5, 5.41) is 8.47. The van der Waals surface area contributed by atoms with E-state index in [1.165, 1.54) is 0 Å². The highest BCUT2D eigenvalue weighted by Crippen LogP contribution is 2.32. The van der Waals surface area contributed by atoms with E-state index in [1.807, 2.05) is 47.5 Å². The first-order chi connectivity index (χ1) is 9.18. The summed E-state index contributed by atoms with van der Waals surface area (Å²) >= 11 is 0. The molecule has 1 fully saturated rings. The van der Waals surface area contributed by atoms with Gasteiger partial charge in [-0.05, 0) is 25.0 Å². The van der Waals surface area contributed by atoms with Gasteiger partial charge in [-0.3, -0.25) is 9.20 Å². The predicted octanol–water partition coefficient (Wildman–Crippen LogP) is 2.05. The fourth-order valence-corrected chi connectivity index (χ4v) is 2.72. The second-order valence-corrected chi connectivity index (χ2v) is 5.33. The van der Waals surface area contributed by atoms with E-state index in [1.54, 1.807) is 0 Å². The molecule has 3 rings (SSSR count). The van der Waals surface area contributed by atoms with Gasteiger partial charge in [0.1, 0.15) is 0 Å². The molecule has 1 amide bonds. The third kappa shape index (κ3) is 1.99. The summed E-state index contributed by atoms with van der Waals surface area (Å²) in [6, 6.07) is 5.90. The minimum atomic E-state index is 0.0276. The third-order valence-corrected chi connectivity index (χ3v) is 3.67. The lowest BCUT2D eigenvalue weighted by Gasteiger charge is -2.25. The highest BCUT2D eigenvalue weighted by Gasteiger charge is 2.33. The number of carbonyl (C=O) groups excluding carboxylic acids is 1. The van der Waals surface area contributed by atoms with Crippen LogP contribution in [0.2, 0.25) is 0 Å². The molecule has 2 aromatic heterocycles. The van der Waals surface area contributed by atoms with Crippen molar-refractivity contribution in [3.05, 3.63) is 30.2 Å². The summed E-state index contributed by atoms with van der Waals surface area (Å²) in [5.74, 6) is 1.11. The Kier molecular flexibility index (Phi) is 2.97. The van der Waals surface area contributed by atoms with Crippen LogP contribution in [-0.4, -0.2) is 31.9 Å². The van der Waals surface area contributed by atoms with Crippen LogP contribution in [-0.2, 0) is 4.79 Å². The molecular weight excluding hydrogens is 240 g/mol. The highest BCUT2D eigenvalue weighted by molar-refractivity contribution is 5.78. The van der Waals surface area contributed by atoms with Crippen molar-refractivity contribution in [2.24, 2.45) is 5.92 Å². The smallest absolute Gasteiger partial charge is 0.225 e. The second-order valence-electron chi connectivity index (χ2n) is 5.33. The van der Waals surface area contributed by atoms with Gasteiger partial charge in [0.2, 0.25) is 5.91 Å². The quantitative estimate of drug-likeness (QED) is 0.828. The average molecular weight is 258 g/mol. The van der Waals surface area contributed by atoms with Crippen LogP contribution in [0, 0.1) is 5.92 Å². The van der Waals surface area contributed by atoms with E-state index in [-0.39, 0.29) is 17.9 Å². The molecule has 19 heavy (non-hydrogen) atoms. The van der Waals surface area contributed by atoms with Crippen LogP contribution in [0.15, 0.2) is 24.4 Å². The number of aromatic nitrogens is 3. The highest BCUT2D eigenvalue weighted by atomic mass is 16.2. The molecule has 0 N–H and O–H groups in total. The number of amides is 1. The van der Waals surface area contributed by atoms with Gasteiger partial charge in [-0.1, -0.05) is 19.9 Å². The van der Waals surface area contributed by atoms with Crippen molar-refractivity contribution in [3.63, 3.8) is 0 Å². The number of likely N-dealkylation sites (tertiary alicyclic amines) is 1. The van der Waals surface area contributed by atoms with Gasteiger partial charge >= 0.3 is 0 Å². The SMILES string of the molecule is CC(C)C(=O)N1CCCC1c1nnc2ccccn12. The van der Waals surface area contributed by atoms with Crippen molar-refractivity contribution in [1.29, 1.82) is 0 Å².